The SMILES string of the molecule is CC[C@H](C(=O)C(=O)[C@@H](C)[C@H]1CC[C@H]2[C@@H]3CC(=O)[C@]45C[C@H]4CC[C@]5(C)[C@H]3CC[C@]12C)C(C)C. The monoisotopic (exact) mass is 440 g/mol. The fourth-order valence-electron chi connectivity index (χ4n) is 10.4. The Morgan fingerprint density at radius 3 is 2.31 bits per heavy atom. The summed E-state index contributed by atoms with van der Waals surface area (Å²) in [5.41, 5.74) is 0.362. The zero-order valence-corrected chi connectivity index (χ0v) is 21.2. The van der Waals surface area contributed by atoms with Gasteiger partial charge in [-0.05, 0) is 97.7 Å². The molecular weight excluding hydrogens is 396 g/mol. The molecule has 0 heterocycles. The van der Waals surface area contributed by atoms with Crippen LogP contribution in [0.1, 0.15) is 99.3 Å². The topological polar surface area (TPSA) is 51.2 Å². The molecule has 0 aromatic rings. The third-order valence-corrected chi connectivity index (χ3v) is 12.2. The van der Waals surface area contributed by atoms with Crippen LogP contribution in [0.25, 0.3) is 0 Å². The number of rotatable bonds is 6. The maximum atomic E-state index is 13.5. The smallest absolute Gasteiger partial charge is 0.201 e. The van der Waals surface area contributed by atoms with Crippen LogP contribution in [-0.4, -0.2) is 17.3 Å². The third kappa shape index (κ3) is 2.69. The highest BCUT2D eigenvalue weighted by molar-refractivity contribution is 6.38. The largest absolute Gasteiger partial charge is 0.299 e. The molecule has 0 radical (unpaired) electrons. The first-order valence-corrected chi connectivity index (χ1v) is 13.6. The van der Waals surface area contributed by atoms with Crippen LogP contribution in [0.4, 0.5) is 0 Å². The normalized spacial score (nSPS) is 48.5. The molecule has 5 fully saturated rings. The first-order valence-electron chi connectivity index (χ1n) is 13.6. The van der Waals surface area contributed by atoms with E-state index in [9.17, 15) is 14.4 Å². The van der Waals surface area contributed by atoms with E-state index in [0.717, 1.165) is 32.1 Å². The quantitative estimate of drug-likeness (QED) is 0.457. The Bertz CT molecular complexity index is 843. The van der Waals surface area contributed by atoms with E-state index < -0.39 is 0 Å². The number of ketones is 3. The van der Waals surface area contributed by atoms with E-state index in [2.05, 4.69) is 27.7 Å². The zero-order chi connectivity index (χ0) is 23.2. The molecular formula is C29H44O3. The highest BCUT2D eigenvalue weighted by Crippen LogP contribution is 2.80. The standard InChI is InChI=1S/C29H44O3/c1-7-19(16(2)3)26(32)25(31)17(4)21-8-9-22-20-14-24(30)29-15-18(29)10-13-28(29,6)23(20)11-12-27(21,22)5/h16-23H,7-15H2,1-6H3/t17-,18+,19-,20-,21+,22-,23-,27+,28+,29-/m0/s1. The van der Waals surface area contributed by atoms with Crippen LogP contribution in [0.5, 0.6) is 0 Å². The molecule has 0 N–H and O–H groups in total. The highest BCUT2D eigenvalue weighted by Gasteiger charge is 2.77. The lowest BCUT2D eigenvalue weighted by Gasteiger charge is -2.58. The predicted octanol–water partition coefficient (Wildman–Crippen LogP) is 6.28. The summed E-state index contributed by atoms with van der Waals surface area (Å²) in [5, 5.41) is 0. The van der Waals surface area contributed by atoms with Gasteiger partial charge in [-0.3, -0.25) is 14.4 Å². The summed E-state index contributed by atoms with van der Waals surface area (Å²) in [6, 6.07) is 0. The summed E-state index contributed by atoms with van der Waals surface area (Å²) in [6.07, 6.45) is 9.76. The van der Waals surface area contributed by atoms with Gasteiger partial charge in [0.15, 0.2) is 0 Å². The van der Waals surface area contributed by atoms with Gasteiger partial charge in [-0.25, -0.2) is 0 Å². The fraction of sp³-hybridized carbons (Fsp3) is 0.897. The maximum Gasteiger partial charge on any atom is 0.201 e. The van der Waals surface area contributed by atoms with Crippen molar-refractivity contribution in [1.82, 2.24) is 0 Å². The van der Waals surface area contributed by atoms with Gasteiger partial charge in [-0.1, -0.05) is 41.5 Å². The van der Waals surface area contributed by atoms with Gasteiger partial charge in [0, 0.05) is 23.7 Å². The van der Waals surface area contributed by atoms with Crippen molar-refractivity contribution in [2.75, 3.05) is 0 Å². The molecule has 0 aromatic carbocycles. The fourth-order valence-corrected chi connectivity index (χ4v) is 10.4. The van der Waals surface area contributed by atoms with E-state index in [1.165, 1.54) is 25.7 Å². The first-order chi connectivity index (χ1) is 15.0. The second-order valence-electron chi connectivity index (χ2n) is 13.3. The predicted molar refractivity (Wildman–Crippen MR) is 126 cm³/mol. The minimum Gasteiger partial charge on any atom is -0.299 e. The molecule has 32 heavy (non-hydrogen) atoms. The first kappa shape index (κ1) is 22.8. The maximum absolute atomic E-state index is 13.5. The lowest BCUT2D eigenvalue weighted by atomic mass is 9.45. The van der Waals surface area contributed by atoms with Crippen LogP contribution in [0.15, 0.2) is 0 Å². The van der Waals surface area contributed by atoms with E-state index in [0.29, 0.717) is 29.5 Å². The van der Waals surface area contributed by atoms with E-state index in [1.807, 2.05) is 13.8 Å². The van der Waals surface area contributed by atoms with Crippen LogP contribution < -0.4 is 0 Å². The van der Waals surface area contributed by atoms with Crippen LogP contribution in [0.2, 0.25) is 0 Å². The summed E-state index contributed by atoms with van der Waals surface area (Å²) >= 11 is 0. The van der Waals surface area contributed by atoms with Crippen molar-refractivity contribution >= 4 is 17.3 Å². The van der Waals surface area contributed by atoms with Gasteiger partial charge in [-0.15, -0.1) is 0 Å². The molecule has 10 atom stereocenters. The van der Waals surface area contributed by atoms with Gasteiger partial charge in [0.05, 0.1) is 0 Å². The van der Waals surface area contributed by atoms with Crippen LogP contribution in [0.3, 0.4) is 0 Å². The summed E-state index contributed by atoms with van der Waals surface area (Å²) < 4.78 is 0. The zero-order valence-electron chi connectivity index (χ0n) is 21.2. The summed E-state index contributed by atoms with van der Waals surface area (Å²) in [7, 11) is 0. The molecule has 0 aromatic heterocycles. The molecule has 3 nitrogen and oxygen atoms in total. The second-order valence-corrected chi connectivity index (χ2v) is 13.3. The second kappa shape index (κ2) is 7.25. The van der Waals surface area contributed by atoms with E-state index in [4.69, 9.17) is 0 Å². The Labute approximate surface area is 194 Å². The van der Waals surface area contributed by atoms with Gasteiger partial charge in [0.25, 0.3) is 0 Å². The average Bonchev–Trinajstić information content (AvgIpc) is 3.27. The molecule has 178 valence electrons. The van der Waals surface area contributed by atoms with E-state index in [-0.39, 0.29) is 51.5 Å². The Kier molecular flexibility index (Phi) is 5.16. The molecule has 5 saturated carbocycles. The molecule has 5 rings (SSSR count). The number of hydrogen-bond donors (Lipinski definition) is 0. The van der Waals surface area contributed by atoms with Crippen molar-refractivity contribution in [2.24, 2.45) is 63.6 Å². The van der Waals surface area contributed by atoms with Gasteiger partial charge in [-0.2, -0.15) is 0 Å². The van der Waals surface area contributed by atoms with Gasteiger partial charge < -0.3 is 0 Å². The number of Topliss-reactive ketones (excluding diaryl/α,β-unsaturated/α-hetero) is 3. The number of carbonyl (C=O) groups excluding carboxylic acids is 3. The van der Waals surface area contributed by atoms with Gasteiger partial charge >= 0.3 is 0 Å². The molecule has 0 aliphatic heterocycles. The van der Waals surface area contributed by atoms with Crippen LogP contribution >= 0.6 is 0 Å². The molecule has 0 saturated heterocycles. The molecule has 0 amide bonds. The summed E-state index contributed by atoms with van der Waals surface area (Å²) in [6.45, 7) is 13.0. The van der Waals surface area contributed by atoms with E-state index >= 15 is 0 Å². The molecule has 3 heteroatoms. The Morgan fingerprint density at radius 1 is 0.969 bits per heavy atom. The number of fused-ring (bicyclic) bond motifs is 4. The Hall–Kier alpha value is -0.990. The van der Waals surface area contributed by atoms with Gasteiger partial charge in [0.1, 0.15) is 5.78 Å². The molecule has 5 aliphatic carbocycles. The van der Waals surface area contributed by atoms with Crippen LogP contribution in [0, 0.1) is 63.6 Å². The van der Waals surface area contributed by atoms with Crippen molar-refractivity contribution in [3.05, 3.63) is 0 Å². The minimum atomic E-state index is -0.192. The molecule has 0 unspecified atom stereocenters. The molecule has 5 aliphatic rings. The van der Waals surface area contributed by atoms with Crippen molar-refractivity contribution in [1.29, 1.82) is 0 Å². The average molecular weight is 441 g/mol. The lowest BCUT2D eigenvalue weighted by Crippen LogP contribution is -2.55. The summed E-state index contributed by atoms with van der Waals surface area (Å²) in [5.74, 6) is 2.89. The van der Waals surface area contributed by atoms with Crippen molar-refractivity contribution in [3.63, 3.8) is 0 Å². The lowest BCUT2D eigenvalue weighted by molar-refractivity contribution is -0.153. The summed E-state index contributed by atoms with van der Waals surface area (Å²) in [4.78, 5) is 39.9. The van der Waals surface area contributed by atoms with Crippen molar-refractivity contribution < 1.29 is 14.4 Å². The van der Waals surface area contributed by atoms with Crippen LogP contribution in [-0.2, 0) is 14.4 Å². The minimum absolute atomic E-state index is 0.0433. The van der Waals surface area contributed by atoms with Crippen molar-refractivity contribution in [2.45, 2.75) is 99.3 Å². The Balaban J connectivity index is 1.38. The van der Waals surface area contributed by atoms with E-state index in [1.54, 1.807) is 0 Å². The number of hydrogen-bond acceptors (Lipinski definition) is 3. The number of carbonyl (C=O) groups is 3. The molecule has 1 spiro atoms. The third-order valence-electron chi connectivity index (χ3n) is 12.2. The van der Waals surface area contributed by atoms with Crippen molar-refractivity contribution in [3.8, 4) is 0 Å². The molecule has 0 bridgehead atoms. The van der Waals surface area contributed by atoms with Gasteiger partial charge in [0.2, 0.25) is 11.6 Å². The highest BCUT2D eigenvalue weighted by atomic mass is 16.2. The Morgan fingerprint density at radius 2 is 1.69 bits per heavy atom.